The number of aliphatic hydroxyl groups excluding tert-OH is 2. The van der Waals surface area contributed by atoms with Crippen LogP contribution in [0, 0.1) is 0 Å². The zero-order valence-corrected chi connectivity index (χ0v) is 15.7. The van der Waals surface area contributed by atoms with Crippen molar-refractivity contribution in [3.05, 3.63) is 0 Å². The molecule has 144 valence electrons. The Bertz CT molecular complexity index is 281. The maximum Gasteiger partial charge on any atom is 0.303 e. The van der Waals surface area contributed by atoms with Crippen molar-refractivity contribution in [3.63, 3.8) is 0 Å². The summed E-state index contributed by atoms with van der Waals surface area (Å²) in [5.74, 6) is -0.676. The molecular formula is C20H40O4. The van der Waals surface area contributed by atoms with E-state index in [0.29, 0.717) is 12.8 Å². The van der Waals surface area contributed by atoms with Crippen LogP contribution >= 0.6 is 0 Å². The Morgan fingerprint density at radius 1 is 0.667 bits per heavy atom. The van der Waals surface area contributed by atoms with Crippen LogP contribution in [0.25, 0.3) is 0 Å². The molecular weight excluding hydrogens is 304 g/mol. The molecule has 0 amide bonds. The van der Waals surface area contributed by atoms with E-state index in [1.54, 1.807) is 0 Å². The molecule has 0 aromatic rings. The van der Waals surface area contributed by atoms with Crippen LogP contribution in [0.2, 0.25) is 0 Å². The molecule has 0 fully saturated rings. The zero-order chi connectivity index (χ0) is 18.0. The third kappa shape index (κ3) is 16.3. The van der Waals surface area contributed by atoms with Gasteiger partial charge in [-0.1, -0.05) is 84.0 Å². The second-order valence-corrected chi connectivity index (χ2v) is 7.07. The SMILES string of the molecule is CC[C@@H](O)[C@H](O)CCCCCCCCCCCCCCCC(=O)O. The monoisotopic (exact) mass is 344 g/mol. The van der Waals surface area contributed by atoms with E-state index >= 15 is 0 Å². The van der Waals surface area contributed by atoms with E-state index in [1.165, 1.54) is 57.8 Å². The zero-order valence-electron chi connectivity index (χ0n) is 15.7. The molecule has 0 radical (unpaired) electrons. The molecule has 24 heavy (non-hydrogen) atoms. The van der Waals surface area contributed by atoms with Gasteiger partial charge in [-0.25, -0.2) is 0 Å². The second-order valence-electron chi connectivity index (χ2n) is 7.07. The fourth-order valence-corrected chi connectivity index (χ4v) is 3.04. The Kier molecular flexibility index (Phi) is 16.8. The molecule has 0 aliphatic carbocycles. The number of hydrogen-bond donors (Lipinski definition) is 3. The maximum absolute atomic E-state index is 10.4. The Labute approximate surface area is 148 Å². The van der Waals surface area contributed by atoms with Gasteiger partial charge in [0, 0.05) is 6.42 Å². The number of hydrogen-bond acceptors (Lipinski definition) is 3. The summed E-state index contributed by atoms with van der Waals surface area (Å²) in [6.45, 7) is 1.90. The molecule has 0 bridgehead atoms. The Morgan fingerprint density at radius 3 is 1.42 bits per heavy atom. The van der Waals surface area contributed by atoms with Gasteiger partial charge in [0.15, 0.2) is 0 Å². The van der Waals surface area contributed by atoms with Gasteiger partial charge in [-0.2, -0.15) is 0 Å². The summed E-state index contributed by atoms with van der Waals surface area (Å²) in [7, 11) is 0. The van der Waals surface area contributed by atoms with E-state index in [9.17, 15) is 15.0 Å². The van der Waals surface area contributed by atoms with Crippen molar-refractivity contribution in [1.29, 1.82) is 0 Å². The Morgan fingerprint density at radius 2 is 1.04 bits per heavy atom. The minimum atomic E-state index is -0.676. The third-order valence-electron chi connectivity index (χ3n) is 4.75. The molecule has 3 N–H and O–H groups in total. The van der Waals surface area contributed by atoms with Crippen molar-refractivity contribution in [1.82, 2.24) is 0 Å². The lowest BCUT2D eigenvalue weighted by Crippen LogP contribution is -2.24. The van der Waals surface area contributed by atoms with Crippen molar-refractivity contribution >= 4 is 5.97 Å². The minimum Gasteiger partial charge on any atom is -0.481 e. The van der Waals surface area contributed by atoms with Gasteiger partial charge in [-0.3, -0.25) is 4.79 Å². The normalized spacial score (nSPS) is 13.8. The summed E-state index contributed by atoms with van der Waals surface area (Å²) in [5.41, 5.74) is 0. The highest BCUT2D eigenvalue weighted by Crippen LogP contribution is 2.14. The Balaban J connectivity index is 3.11. The number of carboxylic acids is 1. The molecule has 0 spiro atoms. The first kappa shape index (κ1) is 23.4. The van der Waals surface area contributed by atoms with Gasteiger partial charge < -0.3 is 15.3 Å². The number of unbranched alkanes of at least 4 members (excludes halogenated alkanes) is 12. The van der Waals surface area contributed by atoms with E-state index in [1.807, 2.05) is 6.92 Å². The van der Waals surface area contributed by atoms with Gasteiger partial charge in [-0.05, 0) is 19.3 Å². The topological polar surface area (TPSA) is 77.8 Å². The fraction of sp³-hybridized carbons (Fsp3) is 0.950. The van der Waals surface area contributed by atoms with Crippen LogP contribution in [0.3, 0.4) is 0 Å². The van der Waals surface area contributed by atoms with Crippen molar-refractivity contribution in [2.24, 2.45) is 0 Å². The van der Waals surface area contributed by atoms with Crippen LogP contribution < -0.4 is 0 Å². The smallest absolute Gasteiger partial charge is 0.303 e. The van der Waals surface area contributed by atoms with E-state index in [0.717, 1.165) is 32.1 Å². The fourth-order valence-electron chi connectivity index (χ4n) is 3.04. The molecule has 0 aromatic carbocycles. The molecule has 4 heteroatoms. The molecule has 0 heterocycles. The summed E-state index contributed by atoms with van der Waals surface area (Å²) in [6.07, 6.45) is 16.1. The molecule has 2 atom stereocenters. The summed E-state index contributed by atoms with van der Waals surface area (Å²) >= 11 is 0. The number of aliphatic carboxylic acids is 1. The quantitative estimate of drug-likeness (QED) is 0.304. The van der Waals surface area contributed by atoms with Crippen LogP contribution in [-0.2, 0) is 4.79 Å². The van der Waals surface area contributed by atoms with E-state index < -0.39 is 18.2 Å². The largest absolute Gasteiger partial charge is 0.481 e. The standard InChI is InChI=1S/C20H40O4/c1-2-18(21)19(22)16-14-12-10-8-6-4-3-5-7-9-11-13-15-17-20(23)24/h18-19,21-22H,2-17H2,1H3,(H,23,24)/t18-,19-/m1/s1. The summed E-state index contributed by atoms with van der Waals surface area (Å²) in [4.78, 5) is 10.4. The molecule has 0 saturated heterocycles. The number of rotatable bonds is 18. The summed E-state index contributed by atoms with van der Waals surface area (Å²) in [5, 5.41) is 27.7. The van der Waals surface area contributed by atoms with Crippen LogP contribution in [0.4, 0.5) is 0 Å². The van der Waals surface area contributed by atoms with Crippen LogP contribution in [0.15, 0.2) is 0 Å². The molecule has 4 nitrogen and oxygen atoms in total. The highest BCUT2D eigenvalue weighted by Gasteiger charge is 2.12. The maximum atomic E-state index is 10.4. The second kappa shape index (κ2) is 17.2. The lowest BCUT2D eigenvalue weighted by molar-refractivity contribution is -0.137. The third-order valence-corrected chi connectivity index (χ3v) is 4.75. The lowest BCUT2D eigenvalue weighted by atomic mass is 10.0. The summed E-state index contributed by atoms with van der Waals surface area (Å²) < 4.78 is 0. The van der Waals surface area contributed by atoms with Crippen molar-refractivity contribution < 1.29 is 20.1 Å². The number of aliphatic hydroxyl groups is 2. The molecule has 0 rings (SSSR count). The van der Waals surface area contributed by atoms with E-state index in [-0.39, 0.29) is 0 Å². The lowest BCUT2D eigenvalue weighted by Gasteiger charge is -2.15. The van der Waals surface area contributed by atoms with E-state index in [2.05, 4.69) is 0 Å². The number of carboxylic acid groups (broad SMARTS) is 1. The minimum absolute atomic E-state index is 0.318. The highest BCUT2D eigenvalue weighted by atomic mass is 16.4. The van der Waals surface area contributed by atoms with Crippen LogP contribution in [-0.4, -0.2) is 33.5 Å². The van der Waals surface area contributed by atoms with Crippen molar-refractivity contribution in [2.75, 3.05) is 0 Å². The van der Waals surface area contributed by atoms with Gasteiger partial charge in [0.25, 0.3) is 0 Å². The molecule has 0 aliphatic heterocycles. The van der Waals surface area contributed by atoms with Gasteiger partial charge in [0.2, 0.25) is 0 Å². The summed E-state index contributed by atoms with van der Waals surface area (Å²) in [6, 6.07) is 0. The van der Waals surface area contributed by atoms with Gasteiger partial charge in [0.05, 0.1) is 12.2 Å². The van der Waals surface area contributed by atoms with Gasteiger partial charge >= 0.3 is 5.97 Å². The number of carbonyl (C=O) groups is 1. The average Bonchev–Trinajstić information content (AvgIpc) is 2.57. The van der Waals surface area contributed by atoms with Crippen LogP contribution in [0.1, 0.15) is 110 Å². The van der Waals surface area contributed by atoms with Crippen molar-refractivity contribution in [2.45, 2.75) is 122 Å². The molecule has 0 aliphatic rings. The highest BCUT2D eigenvalue weighted by molar-refractivity contribution is 5.66. The first-order valence-corrected chi connectivity index (χ1v) is 10.2. The molecule has 0 aromatic heterocycles. The average molecular weight is 345 g/mol. The van der Waals surface area contributed by atoms with Gasteiger partial charge in [0.1, 0.15) is 0 Å². The predicted octanol–water partition coefficient (Wildman–Crippen LogP) is 5.05. The van der Waals surface area contributed by atoms with E-state index in [4.69, 9.17) is 5.11 Å². The van der Waals surface area contributed by atoms with Crippen molar-refractivity contribution in [3.8, 4) is 0 Å². The first-order chi connectivity index (χ1) is 11.6. The van der Waals surface area contributed by atoms with Crippen LogP contribution in [0.5, 0.6) is 0 Å². The first-order valence-electron chi connectivity index (χ1n) is 10.2. The molecule has 0 unspecified atom stereocenters. The molecule has 0 saturated carbocycles. The van der Waals surface area contributed by atoms with Gasteiger partial charge in [-0.15, -0.1) is 0 Å². The Hall–Kier alpha value is -0.610. The predicted molar refractivity (Wildman–Crippen MR) is 99.2 cm³/mol.